The fourth-order valence-corrected chi connectivity index (χ4v) is 3.94. The largest absolute Gasteiger partial charge is 0.307 e. The van der Waals surface area contributed by atoms with Crippen LogP contribution in [0.25, 0.3) is 10.1 Å². The molecule has 0 aliphatic carbocycles. The summed E-state index contributed by atoms with van der Waals surface area (Å²) in [6.07, 6.45) is 0. The lowest BCUT2D eigenvalue weighted by Crippen LogP contribution is -2.20. The third-order valence-electron chi connectivity index (χ3n) is 3.12. The zero-order valence-electron chi connectivity index (χ0n) is 10.6. The molecule has 0 aliphatic heterocycles. The monoisotopic (exact) mass is 336 g/mol. The van der Waals surface area contributed by atoms with Crippen LogP contribution in [0.4, 0.5) is 0 Å². The van der Waals surface area contributed by atoms with Crippen molar-refractivity contribution in [2.24, 2.45) is 7.05 Å². The van der Waals surface area contributed by atoms with Gasteiger partial charge in [-0.25, -0.2) is 4.68 Å². The zero-order valence-corrected chi connectivity index (χ0v) is 13.0. The maximum atomic E-state index is 4.06. The Bertz CT molecular complexity index is 666. The Morgan fingerprint density at radius 2 is 2.16 bits per heavy atom. The summed E-state index contributed by atoms with van der Waals surface area (Å²) in [6.45, 7) is 0. The lowest BCUT2D eigenvalue weighted by atomic mass is 10.1. The topological polar surface area (TPSA) is 42.7 Å². The number of aryl methyl sites for hydroxylation is 1. The average molecular weight is 337 g/mol. The third-order valence-corrected chi connectivity index (χ3v) is 4.86. The van der Waals surface area contributed by atoms with Crippen LogP contribution in [0.15, 0.2) is 34.9 Å². The number of benzene rings is 1. The molecule has 6 heteroatoms. The van der Waals surface area contributed by atoms with Crippen LogP contribution in [-0.2, 0) is 7.05 Å². The summed E-state index contributed by atoms with van der Waals surface area (Å²) in [7, 11) is 3.86. The van der Waals surface area contributed by atoms with Gasteiger partial charge >= 0.3 is 0 Å². The van der Waals surface area contributed by atoms with Crippen LogP contribution < -0.4 is 5.32 Å². The molecule has 1 N–H and O–H groups in total. The molecular formula is C13H13BrN4S. The fourth-order valence-electron chi connectivity index (χ4n) is 2.20. The summed E-state index contributed by atoms with van der Waals surface area (Å²) >= 11 is 5.26. The number of hydrogen-bond donors (Lipinski definition) is 1. The van der Waals surface area contributed by atoms with E-state index in [0.717, 1.165) is 10.3 Å². The van der Waals surface area contributed by atoms with E-state index in [1.807, 2.05) is 14.1 Å². The second kappa shape index (κ2) is 5.03. The standard InChI is InChI=1S/C13H13BrN4S/c1-15-11(12-13(14)16-17-18(12)2)10-7-8-5-3-4-6-9(8)19-10/h3-7,11,15H,1-2H3. The van der Waals surface area contributed by atoms with Gasteiger partial charge < -0.3 is 5.32 Å². The quantitative estimate of drug-likeness (QED) is 0.799. The summed E-state index contributed by atoms with van der Waals surface area (Å²) < 4.78 is 3.88. The van der Waals surface area contributed by atoms with Gasteiger partial charge in [0.1, 0.15) is 0 Å². The van der Waals surface area contributed by atoms with Gasteiger partial charge in [0.2, 0.25) is 0 Å². The van der Waals surface area contributed by atoms with E-state index in [2.05, 4.69) is 61.9 Å². The minimum absolute atomic E-state index is 0.0896. The third kappa shape index (κ3) is 2.20. The minimum atomic E-state index is 0.0896. The first-order chi connectivity index (χ1) is 9.20. The van der Waals surface area contributed by atoms with Crippen molar-refractivity contribution in [1.82, 2.24) is 20.3 Å². The lowest BCUT2D eigenvalue weighted by molar-refractivity contribution is 0.603. The van der Waals surface area contributed by atoms with Gasteiger partial charge in [-0.1, -0.05) is 23.4 Å². The molecule has 0 saturated heterocycles. The first kappa shape index (κ1) is 12.8. The van der Waals surface area contributed by atoms with Crippen molar-refractivity contribution < 1.29 is 0 Å². The van der Waals surface area contributed by atoms with E-state index < -0.39 is 0 Å². The highest BCUT2D eigenvalue weighted by atomic mass is 79.9. The summed E-state index contributed by atoms with van der Waals surface area (Å²) in [5, 5.41) is 12.7. The number of halogens is 1. The molecule has 3 rings (SSSR count). The molecule has 0 bridgehead atoms. The summed E-state index contributed by atoms with van der Waals surface area (Å²) in [4.78, 5) is 1.26. The Balaban J connectivity index is 2.12. The van der Waals surface area contributed by atoms with Crippen molar-refractivity contribution in [3.63, 3.8) is 0 Å². The Morgan fingerprint density at radius 3 is 2.79 bits per heavy atom. The number of rotatable bonds is 3. The molecule has 1 unspecified atom stereocenters. The van der Waals surface area contributed by atoms with Crippen LogP contribution >= 0.6 is 27.3 Å². The fraction of sp³-hybridized carbons (Fsp3) is 0.231. The van der Waals surface area contributed by atoms with Crippen LogP contribution in [0, 0.1) is 0 Å². The predicted octanol–water partition coefficient (Wildman–Crippen LogP) is 3.10. The number of hydrogen-bond acceptors (Lipinski definition) is 4. The lowest BCUT2D eigenvalue weighted by Gasteiger charge is -2.14. The van der Waals surface area contributed by atoms with Crippen molar-refractivity contribution in [1.29, 1.82) is 0 Å². The van der Waals surface area contributed by atoms with Crippen LogP contribution in [0.2, 0.25) is 0 Å². The van der Waals surface area contributed by atoms with E-state index in [4.69, 9.17) is 0 Å². The Kier molecular flexibility index (Phi) is 3.38. The minimum Gasteiger partial charge on any atom is -0.307 e. The van der Waals surface area contributed by atoms with E-state index in [1.54, 1.807) is 16.0 Å². The molecule has 0 radical (unpaired) electrons. The molecule has 2 aromatic heterocycles. The van der Waals surface area contributed by atoms with E-state index in [-0.39, 0.29) is 6.04 Å². The van der Waals surface area contributed by atoms with E-state index in [1.165, 1.54) is 15.0 Å². The highest BCUT2D eigenvalue weighted by Gasteiger charge is 2.22. The Morgan fingerprint density at radius 1 is 1.37 bits per heavy atom. The molecule has 0 aliphatic rings. The SMILES string of the molecule is CNC(c1cc2ccccc2s1)c1c(Br)nnn1C. The van der Waals surface area contributed by atoms with Gasteiger partial charge in [-0.2, -0.15) is 0 Å². The maximum Gasteiger partial charge on any atom is 0.153 e. The number of fused-ring (bicyclic) bond motifs is 1. The highest BCUT2D eigenvalue weighted by Crippen LogP contribution is 2.34. The molecule has 2 heterocycles. The van der Waals surface area contributed by atoms with Crippen LogP contribution in [0.3, 0.4) is 0 Å². The van der Waals surface area contributed by atoms with Gasteiger partial charge in [0.05, 0.1) is 11.7 Å². The zero-order chi connectivity index (χ0) is 13.4. The van der Waals surface area contributed by atoms with Crippen LogP contribution in [0.1, 0.15) is 16.6 Å². The van der Waals surface area contributed by atoms with Crippen molar-refractivity contribution in [3.05, 3.63) is 45.5 Å². The van der Waals surface area contributed by atoms with Crippen molar-refractivity contribution in [2.45, 2.75) is 6.04 Å². The normalized spacial score (nSPS) is 13.0. The molecule has 3 aromatic rings. The molecule has 0 amide bonds. The second-order valence-electron chi connectivity index (χ2n) is 4.30. The van der Waals surface area contributed by atoms with Gasteiger partial charge in [0, 0.05) is 16.6 Å². The summed E-state index contributed by atoms with van der Waals surface area (Å²) in [5.74, 6) is 0. The summed E-state index contributed by atoms with van der Waals surface area (Å²) in [6, 6.07) is 10.7. The van der Waals surface area contributed by atoms with E-state index in [0.29, 0.717) is 0 Å². The smallest absolute Gasteiger partial charge is 0.153 e. The predicted molar refractivity (Wildman–Crippen MR) is 81.4 cm³/mol. The van der Waals surface area contributed by atoms with Crippen LogP contribution in [0.5, 0.6) is 0 Å². The van der Waals surface area contributed by atoms with Gasteiger partial charge in [-0.3, -0.25) is 0 Å². The first-order valence-electron chi connectivity index (χ1n) is 5.91. The number of thiophene rings is 1. The molecule has 98 valence electrons. The first-order valence-corrected chi connectivity index (χ1v) is 7.52. The highest BCUT2D eigenvalue weighted by molar-refractivity contribution is 9.10. The molecule has 1 atom stereocenters. The molecular weight excluding hydrogens is 324 g/mol. The Hall–Kier alpha value is -1.24. The average Bonchev–Trinajstić information content (AvgIpc) is 2.97. The maximum absolute atomic E-state index is 4.06. The molecule has 0 fully saturated rings. The number of nitrogens with zero attached hydrogens (tertiary/aromatic N) is 3. The molecule has 4 nitrogen and oxygen atoms in total. The van der Waals surface area contributed by atoms with Gasteiger partial charge in [-0.15, -0.1) is 16.4 Å². The second-order valence-corrected chi connectivity index (χ2v) is 6.16. The Labute approximate surface area is 123 Å². The van der Waals surface area contributed by atoms with Crippen LogP contribution in [-0.4, -0.2) is 22.0 Å². The van der Waals surface area contributed by atoms with Crippen molar-refractivity contribution in [2.75, 3.05) is 7.05 Å². The van der Waals surface area contributed by atoms with E-state index in [9.17, 15) is 0 Å². The summed E-state index contributed by atoms with van der Waals surface area (Å²) in [5.41, 5.74) is 1.04. The number of aromatic nitrogens is 3. The molecule has 19 heavy (non-hydrogen) atoms. The van der Waals surface area contributed by atoms with Gasteiger partial charge in [0.25, 0.3) is 0 Å². The molecule has 0 spiro atoms. The molecule has 0 saturated carbocycles. The van der Waals surface area contributed by atoms with E-state index >= 15 is 0 Å². The number of nitrogens with one attached hydrogen (secondary N) is 1. The van der Waals surface area contributed by atoms with Gasteiger partial charge in [-0.05, 0) is 40.5 Å². The van der Waals surface area contributed by atoms with Crippen molar-refractivity contribution in [3.8, 4) is 0 Å². The molecule has 1 aromatic carbocycles. The van der Waals surface area contributed by atoms with Gasteiger partial charge in [0.15, 0.2) is 4.60 Å². The van der Waals surface area contributed by atoms with Crippen molar-refractivity contribution >= 4 is 37.4 Å².